The molecule has 0 bridgehead atoms. The van der Waals surface area contributed by atoms with E-state index < -0.39 is 0 Å². The van der Waals surface area contributed by atoms with Crippen LogP contribution in [0.1, 0.15) is 16.7 Å². The molecule has 0 radical (unpaired) electrons. The fraction of sp³-hybridized carbons (Fsp3) is 0.0588. The minimum Gasteiger partial charge on any atom is -0.310 e. The van der Waals surface area contributed by atoms with Crippen molar-refractivity contribution in [2.75, 3.05) is 4.90 Å². The lowest BCUT2D eigenvalue weighted by Crippen LogP contribution is -2.11. The van der Waals surface area contributed by atoms with Crippen molar-refractivity contribution in [2.24, 2.45) is 0 Å². The zero-order valence-electron chi connectivity index (χ0n) is 29.8. The van der Waals surface area contributed by atoms with E-state index in [2.05, 4.69) is 208 Å². The topological polar surface area (TPSA) is 3.24 Å². The van der Waals surface area contributed by atoms with Gasteiger partial charge in [-0.25, -0.2) is 0 Å². The summed E-state index contributed by atoms with van der Waals surface area (Å²) in [6, 6.07) is 66.8. The average molecular weight is 666 g/mol. The van der Waals surface area contributed by atoms with Crippen LogP contribution in [0.5, 0.6) is 0 Å². The molecule has 0 amide bonds. The summed E-state index contributed by atoms with van der Waals surface area (Å²) in [7, 11) is 0. The summed E-state index contributed by atoms with van der Waals surface area (Å²) in [5.74, 6) is 0. The van der Waals surface area contributed by atoms with Crippen LogP contribution in [0.15, 0.2) is 182 Å². The predicted octanol–water partition coefficient (Wildman–Crippen LogP) is 14.5. The number of nitrogens with zero attached hydrogens (tertiary/aromatic N) is 1. The van der Waals surface area contributed by atoms with E-state index in [1.807, 2.05) is 0 Å². The van der Waals surface area contributed by atoms with Crippen molar-refractivity contribution in [1.82, 2.24) is 0 Å². The van der Waals surface area contributed by atoms with E-state index in [0.717, 1.165) is 17.1 Å². The molecule has 0 saturated heterocycles. The Morgan fingerprint density at radius 1 is 0.269 bits per heavy atom. The molecular formula is C51H39N. The number of rotatable bonds is 6. The summed E-state index contributed by atoms with van der Waals surface area (Å²) in [6.07, 6.45) is 0. The van der Waals surface area contributed by atoms with Crippen LogP contribution < -0.4 is 4.90 Å². The van der Waals surface area contributed by atoms with Gasteiger partial charge in [-0.3, -0.25) is 0 Å². The largest absolute Gasteiger partial charge is 0.310 e. The number of aryl methyl sites for hydroxylation is 3. The van der Waals surface area contributed by atoms with Gasteiger partial charge in [0.1, 0.15) is 0 Å². The van der Waals surface area contributed by atoms with Crippen molar-refractivity contribution in [3.05, 3.63) is 199 Å². The summed E-state index contributed by atoms with van der Waals surface area (Å²) in [6.45, 7) is 6.67. The fourth-order valence-electron chi connectivity index (χ4n) is 7.95. The van der Waals surface area contributed by atoms with E-state index in [4.69, 9.17) is 0 Å². The number of hydrogen-bond donors (Lipinski definition) is 0. The van der Waals surface area contributed by atoms with Crippen molar-refractivity contribution in [3.8, 4) is 33.4 Å². The van der Waals surface area contributed by atoms with Gasteiger partial charge in [-0.15, -0.1) is 0 Å². The van der Waals surface area contributed by atoms with Crippen molar-refractivity contribution in [3.63, 3.8) is 0 Å². The molecule has 0 N–H and O–H groups in total. The first-order valence-electron chi connectivity index (χ1n) is 18.1. The molecule has 0 atom stereocenters. The fourth-order valence-corrected chi connectivity index (χ4v) is 7.95. The molecule has 248 valence electrons. The van der Waals surface area contributed by atoms with Gasteiger partial charge < -0.3 is 4.90 Å². The Labute approximate surface area is 306 Å². The first-order valence-corrected chi connectivity index (χ1v) is 18.1. The van der Waals surface area contributed by atoms with Crippen molar-refractivity contribution < 1.29 is 0 Å². The van der Waals surface area contributed by atoms with Gasteiger partial charge in [0.2, 0.25) is 0 Å². The highest BCUT2D eigenvalue weighted by molar-refractivity contribution is 6.01. The normalized spacial score (nSPS) is 11.4. The number of anilines is 3. The first-order chi connectivity index (χ1) is 25.5. The van der Waals surface area contributed by atoms with Crippen LogP contribution in [0.2, 0.25) is 0 Å². The molecule has 0 aliphatic heterocycles. The molecule has 9 aromatic carbocycles. The van der Waals surface area contributed by atoms with Gasteiger partial charge in [-0.2, -0.15) is 0 Å². The third-order valence-electron chi connectivity index (χ3n) is 10.7. The molecular weight excluding hydrogens is 627 g/mol. The van der Waals surface area contributed by atoms with Crippen LogP contribution in [0.3, 0.4) is 0 Å². The van der Waals surface area contributed by atoms with Gasteiger partial charge in [0, 0.05) is 17.1 Å². The van der Waals surface area contributed by atoms with E-state index in [-0.39, 0.29) is 0 Å². The maximum atomic E-state index is 2.44. The maximum Gasteiger partial charge on any atom is 0.0467 e. The third-order valence-corrected chi connectivity index (χ3v) is 10.7. The lowest BCUT2D eigenvalue weighted by atomic mass is 9.92. The Morgan fingerprint density at radius 2 is 0.558 bits per heavy atom. The SMILES string of the molecule is Cc1ccc(N(c2ccc(C)c(-c3cccc4ccccc34)c2)c2ccc(C)c(-c3cccc4ccccc34)c2)cc1-c1cccc2ccccc12. The second-order valence-corrected chi connectivity index (χ2v) is 13.9. The highest BCUT2D eigenvalue weighted by Crippen LogP contribution is 2.43. The number of hydrogen-bond acceptors (Lipinski definition) is 1. The lowest BCUT2D eigenvalue weighted by molar-refractivity contribution is 1.26. The Bertz CT molecular complexity index is 2470. The van der Waals surface area contributed by atoms with Gasteiger partial charge in [-0.1, -0.05) is 146 Å². The molecule has 9 aromatic rings. The zero-order chi connectivity index (χ0) is 35.2. The van der Waals surface area contributed by atoms with Gasteiger partial charge in [-0.05, 0) is 140 Å². The van der Waals surface area contributed by atoms with Crippen molar-refractivity contribution >= 4 is 49.4 Å². The third kappa shape index (κ3) is 5.52. The molecule has 9 rings (SSSR count). The summed E-state index contributed by atoms with van der Waals surface area (Å²) in [4.78, 5) is 2.44. The van der Waals surface area contributed by atoms with E-state index in [1.165, 1.54) is 82.4 Å². The second kappa shape index (κ2) is 13.0. The molecule has 0 aliphatic rings. The van der Waals surface area contributed by atoms with Gasteiger partial charge in [0.25, 0.3) is 0 Å². The monoisotopic (exact) mass is 665 g/mol. The zero-order valence-corrected chi connectivity index (χ0v) is 29.8. The Kier molecular flexibility index (Phi) is 7.90. The minimum atomic E-state index is 1.12. The Balaban J connectivity index is 1.28. The standard InChI is InChI=1S/C51H39N/c1-34-25-28-40(31-49(34)46-22-10-16-37-13-4-7-19-43(37)46)52(41-29-26-35(2)50(32-41)47-23-11-17-38-14-5-8-20-44(38)47)42-30-27-36(3)51(33-42)48-24-12-18-39-15-6-9-21-45(39)48/h4-33H,1-3H3. The molecule has 0 aromatic heterocycles. The summed E-state index contributed by atoms with van der Waals surface area (Å²) in [5.41, 5.74) is 14.6. The first kappa shape index (κ1) is 31.5. The number of benzene rings is 9. The van der Waals surface area contributed by atoms with Crippen LogP contribution in [-0.4, -0.2) is 0 Å². The number of fused-ring (bicyclic) bond motifs is 3. The molecule has 1 heteroatoms. The van der Waals surface area contributed by atoms with Crippen LogP contribution in [0.25, 0.3) is 65.7 Å². The quantitative estimate of drug-likeness (QED) is 0.171. The minimum absolute atomic E-state index is 1.12. The molecule has 0 aliphatic carbocycles. The summed E-state index contributed by atoms with van der Waals surface area (Å²) in [5, 5.41) is 7.53. The van der Waals surface area contributed by atoms with Crippen molar-refractivity contribution in [2.45, 2.75) is 20.8 Å². The predicted molar refractivity (Wildman–Crippen MR) is 224 cm³/mol. The maximum absolute atomic E-state index is 2.44. The molecule has 52 heavy (non-hydrogen) atoms. The van der Waals surface area contributed by atoms with Gasteiger partial charge in [0.05, 0.1) is 0 Å². The van der Waals surface area contributed by atoms with Crippen LogP contribution in [0, 0.1) is 20.8 Å². The van der Waals surface area contributed by atoms with Gasteiger partial charge >= 0.3 is 0 Å². The van der Waals surface area contributed by atoms with E-state index in [1.54, 1.807) is 0 Å². The average Bonchev–Trinajstić information content (AvgIpc) is 3.19. The molecule has 0 spiro atoms. The lowest BCUT2D eigenvalue weighted by Gasteiger charge is -2.28. The smallest absolute Gasteiger partial charge is 0.0467 e. The van der Waals surface area contributed by atoms with Crippen LogP contribution in [-0.2, 0) is 0 Å². The highest BCUT2D eigenvalue weighted by Gasteiger charge is 2.19. The highest BCUT2D eigenvalue weighted by atomic mass is 15.1. The van der Waals surface area contributed by atoms with E-state index >= 15 is 0 Å². The molecule has 0 heterocycles. The summed E-state index contributed by atoms with van der Waals surface area (Å²) >= 11 is 0. The molecule has 0 fully saturated rings. The molecule has 1 nitrogen and oxygen atoms in total. The van der Waals surface area contributed by atoms with Crippen LogP contribution in [0.4, 0.5) is 17.1 Å². The van der Waals surface area contributed by atoms with E-state index in [0.29, 0.717) is 0 Å². The van der Waals surface area contributed by atoms with E-state index in [9.17, 15) is 0 Å². The Morgan fingerprint density at radius 3 is 0.885 bits per heavy atom. The molecule has 0 unspecified atom stereocenters. The molecule has 0 saturated carbocycles. The second-order valence-electron chi connectivity index (χ2n) is 13.9. The van der Waals surface area contributed by atoms with Crippen LogP contribution >= 0.6 is 0 Å². The van der Waals surface area contributed by atoms with Gasteiger partial charge in [0.15, 0.2) is 0 Å². The summed E-state index contributed by atoms with van der Waals surface area (Å²) < 4.78 is 0. The Hall–Kier alpha value is -6.44. The van der Waals surface area contributed by atoms with Crippen molar-refractivity contribution in [1.29, 1.82) is 0 Å².